The van der Waals surface area contributed by atoms with Crippen LogP contribution < -0.4 is 5.32 Å². The standard InChI is InChI=1S/C13H9.C9H18N2.Li/c1-3-7-12-10(5-1)9-11-6-2-4-8-13(11)12;1-2-7-11(6-1)8-9-4-3-5-10-9;/h1-9H;9-10H,1-8H2;. The van der Waals surface area contributed by atoms with E-state index in [1.54, 1.807) is 0 Å². The molecule has 1 aliphatic carbocycles. The van der Waals surface area contributed by atoms with E-state index in [-0.39, 0.29) is 0 Å². The zero-order valence-electron chi connectivity index (χ0n) is 15.4. The molecule has 0 aromatic heterocycles. The molecular weight excluding hydrogens is 299 g/mol. The fourth-order valence-electron chi connectivity index (χ4n) is 4.60. The minimum absolute atomic E-state index is 0.558. The summed E-state index contributed by atoms with van der Waals surface area (Å²) in [5.74, 6) is 0. The first-order chi connectivity index (χ1) is 12.3. The second kappa shape index (κ2) is 8.10. The minimum atomic E-state index is 0.558. The Morgan fingerprint density at radius 1 is 0.880 bits per heavy atom. The van der Waals surface area contributed by atoms with Gasteiger partial charge in [-0.1, -0.05) is 0 Å². The van der Waals surface area contributed by atoms with Gasteiger partial charge in [-0.25, -0.2) is 0 Å². The summed E-state index contributed by atoms with van der Waals surface area (Å²) >= 11 is 2.28. The SMILES string of the molecule is C1CNC(CN2CCCC2)C1.[Li][CH]1c2ccccc2-c2ccccc21. The molecule has 2 heterocycles. The number of fused-ring (bicyclic) bond motifs is 3. The predicted molar refractivity (Wildman–Crippen MR) is 106 cm³/mol. The van der Waals surface area contributed by atoms with Gasteiger partial charge in [-0.05, 0) is 45.3 Å². The van der Waals surface area contributed by atoms with Gasteiger partial charge in [-0.3, -0.25) is 0 Å². The third kappa shape index (κ3) is 3.88. The Balaban J connectivity index is 0.000000129. The van der Waals surface area contributed by atoms with E-state index < -0.39 is 0 Å². The molecule has 0 amide bonds. The summed E-state index contributed by atoms with van der Waals surface area (Å²) < 4.78 is 0.558. The molecule has 2 saturated heterocycles. The summed E-state index contributed by atoms with van der Waals surface area (Å²) in [4.78, 5) is 2.60. The van der Waals surface area contributed by atoms with Crippen LogP contribution in [0.25, 0.3) is 11.1 Å². The van der Waals surface area contributed by atoms with Crippen molar-refractivity contribution in [3.05, 3.63) is 59.7 Å². The van der Waals surface area contributed by atoms with Crippen molar-refractivity contribution in [1.29, 1.82) is 0 Å². The van der Waals surface area contributed by atoms with Crippen LogP contribution in [0.15, 0.2) is 48.5 Å². The van der Waals surface area contributed by atoms with Crippen molar-refractivity contribution < 1.29 is 0 Å². The van der Waals surface area contributed by atoms with Crippen LogP contribution in [0.2, 0.25) is 0 Å². The van der Waals surface area contributed by atoms with E-state index in [9.17, 15) is 0 Å². The average Bonchev–Trinajstić information content (AvgIpc) is 3.40. The maximum absolute atomic E-state index is 3.54. The average molecular weight is 326 g/mol. The molecule has 0 spiro atoms. The first-order valence-electron chi connectivity index (χ1n) is 9.97. The number of hydrogen-bond donors (Lipinski definition) is 1. The third-order valence-corrected chi connectivity index (χ3v) is 5.98. The predicted octanol–water partition coefficient (Wildman–Crippen LogP) is 3.76. The Morgan fingerprint density at radius 2 is 1.48 bits per heavy atom. The molecule has 0 bridgehead atoms. The van der Waals surface area contributed by atoms with Gasteiger partial charge in [0.05, 0.1) is 0 Å². The van der Waals surface area contributed by atoms with Gasteiger partial charge in [-0.15, -0.1) is 0 Å². The van der Waals surface area contributed by atoms with Crippen molar-refractivity contribution in [3.63, 3.8) is 0 Å². The Hall–Kier alpha value is -1.04. The summed E-state index contributed by atoms with van der Waals surface area (Å²) in [6, 6.07) is 18.2. The first-order valence-corrected chi connectivity index (χ1v) is 9.97. The van der Waals surface area contributed by atoms with Gasteiger partial charge in [0.2, 0.25) is 0 Å². The Morgan fingerprint density at radius 3 is 2.04 bits per heavy atom. The van der Waals surface area contributed by atoms with Crippen LogP contribution in [0.3, 0.4) is 0 Å². The van der Waals surface area contributed by atoms with E-state index in [0.29, 0.717) is 4.59 Å². The quantitative estimate of drug-likeness (QED) is 0.846. The zero-order chi connectivity index (χ0) is 17.1. The van der Waals surface area contributed by atoms with Gasteiger partial charge in [-0.2, -0.15) is 0 Å². The van der Waals surface area contributed by atoms with E-state index in [1.807, 2.05) is 0 Å². The molecule has 25 heavy (non-hydrogen) atoms. The number of rotatable bonds is 2. The summed E-state index contributed by atoms with van der Waals surface area (Å²) in [7, 11) is 0. The third-order valence-electron chi connectivity index (χ3n) is 5.98. The molecule has 3 heteroatoms. The first kappa shape index (κ1) is 17.4. The number of likely N-dealkylation sites (tertiary alicyclic amines) is 1. The molecular formula is C22H27LiN2. The number of nitrogens with zero attached hydrogens (tertiary/aromatic N) is 1. The van der Waals surface area contributed by atoms with Crippen LogP contribution in [0.1, 0.15) is 41.4 Å². The number of benzene rings is 2. The molecule has 5 rings (SSSR count). The van der Waals surface area contributed by atoms with Crippen molar-refractivity contribution in [1.82, 2.24) is 10.2 Å². The fourth-order valence-corrected chi connectivity index (χ4v) is 4.60. The van der Waals surface area contributed by atoms with Crippen LogP contribution in [0, 0.1) is 0 Å². The van der Waals surface area contributed by atoms with E-state index >= 15 is 0 Å². The summed E-state index contributed by atoms with van der Waals surface area (Å²) in [5.41, 5.74) is 5.76. The molecule has 2 fully saturated rings. The van der Waals surface area contributed by atoms with Crippen LogP contribution in [0.4, 0.5) is 0 Å². The Kier molecular flexibility index (Phi) is 5.63. The Bertz CT molecular complexity index is 643. The Labute approximate surface area is 161 Å². The van der Waals surface area contributed by atoms with Crippen molar-refractivity contribution in [2.75, 3.05) is 26.2 Å². The van der Waals surface area contributed by atoms with Gasteiger partial charge in [0, 0.05) is 12.6 Å². The van der Waals surface area contributed by atoms with E-state index in [0.717, 1.165) is 6.04 Å². The molecule has 3 aliphatic rings. The molecule has 0 radical (unpaired) electrons. The summed E-state index contributed by atoms with van der Waals surface area (Å²) in [5, 5.41) is 3.54. The maximum atomic E-state index is 3.54. The van der Waals surface area contributed by atoms with Crippen LogP contribution in [-0.2, 0) is 0 Å². The van der Waals surface area contributed by atoms with Gasteiger partial charge < -0.3 is 10.2 Å². The molecule has 2 aliphatic heterocycles. The topological polar surface area (TPSA) is 15.3 Å². The summed E-state index contributed by atoms with van der Waals surface area (Å²) in [6.45, 7) is 5.24. The number of hydrogen-bond acceptors (Lipinski definition) is 2. The van der Waals surface area contributed by atoms with Crippen molar-refractivity contribution in [2.45, 2.75) is 36.3 Å². The van der Waals surface area contributed by atoms with E-state index in [2.05, 4.69) is 76.5 Å². The van der Waals surface area contributed by atoms with Gasteiger partial charge >= 0.3 is 93.1 Å². The number of nitrogens with one attached hydrogen (secondary N) is 1. The molecule has 1 atom stereocenters. The van der Waals surface area contributed by atoms with Crippen LogP contribution in [0.5, 0.6) is 0 Å². The monoisotopic (exact) mass is 326 g/mol. The summed E-state index contributed by atoms with van der Waals surface area (Å²) in [6.07, 6.45) is 5.63. The van der Waals surface area contributed by atoms with Crippen molar-refractivity contribution in [2.24, 2.45) is 0 Å². The molecule has 1 unspecified atom stereocenters. The van der Waals surface area contributed by atoms with Crippen LogP contribution >= 0.6 is 0 Å². The second-order valence-corrected chi connectivity index (χ2v) is 7.70. The van der Waals surface area contributed by atoms with Gasteiger partial charge in [0.1, 0.15) is 0 Å². The molecule has 126 valence electrons. The van der Waals surface area contributed by atoms with Crippen molar-refractivity contribution >= 4 is 17.7 Å². The molecule has 2 nitrogen and oxygen atoms in total. The normalized spacial score (nSPS) is 22.4. The molecule has 0 saturated carbocycles. The molecule has 2 aromatic rings. The molecule has 2 aromatic carbocycles. The second-order valence-electron chi connectivity index (χ2n) is 7.70. The molecule has 1 N–H and O–H groups in total. The zero-order valence-corrected chi connectivity index (χ0v) is 15.4. The van der Waals surface area contributed by atoms with Gasteiger partial charge in [0.25, 0.3) is 0 Å². The fraction of sp³-hybridized carbons (Fsp3) is 0.455. The van der Waals surface area contributed by atoms with E-state index in [4.69, 9.17) is 0 Å². The van der Waals surface area contributed by atoms with Crippen molar-refractivity contribution in [3.8, 4) is 11.1 Å². The van der Waals surface area contributed by atoms with Gasteiger partial charge in [0.15, 0.2) is 0 Å². The van der Waals surface area contributed by atoms with Crippen LogP contribution in [-0.4, -0.2) is 54.8 Å². The van der Waals surface area contributed by atoms with E-state index in [1.165, 1.54) is 74.1 Å².